The van der Waals surface area contributed by atoms with Crippen LogP contribution in [0.15, 0.2) is 47.9 Å². The fraction of sp³-hybridized carbons (Fsp3) is 0.500. The number of methoxy groups -OCH3 is 1. The summed E-state index contributed by atoms with van der Waals surface area (Å²) in [7, 11) is 1.51. The monoisotopic (exact) mass is 550 g/mol. The maximum atomic E-state index is 13.5. The van der Waals surface area contributed by atoms with Gasteiger partial charge in [0.05, 0.1) is 40.0 Å². The standard InChI is InChI=1S/C30H35ClN4O4/c1-38-27(36)5-3-2-4-23-28(18-8-11-21(31)12-9-18)33-22-13-10-20(16-24(22)32-23)30(37)35-15-14-26-25(17-35)34-29(39-26)19-6-7-19/h8-11,13,16,19,21,27,29,34,36H,2-7,12,14-15,17H2,1H3. The molecule has 2 aromatic rings. The number of nitrogens with zero attached hydrogens (tertiary/aromatic N) is 3. The van der Waals surface area contributed by atoms with Crippen LogP contribution in [0.5, 0.6) is 0 Å². The minimum atomic E-state index is -0.752. The highest BCUT2D eigenvalue weighted by Gasteiger charge is 2.40. The number of hydrogen-bond acceptors (Lipinski definition) is 7. The lowest BCUT2D eigenvalue weighted by Crippen LogP contribution is -2.39. The smallest absolute Gasteiger partial charge is 0.254 e. The van der Waals surface area contributed by atoms with Crippen molar-refractivity contribution in [1.82, 2.24) is 20.2 Å². The number of aliphatic hydroxyl groups excluding tert-OH is 1. The number of unbranched alkanes of at least 4 members (excludes halogenated alkanes) is 1. The summed E-state index contributed by atoms with van der Waals surface area (Å²) >= 11 is 6.26. The number of nitrogens with one attached hydrogen (secondary N) is 1. The van der Waals surface area contributed by atoms with E-state index in [0.29, 0.717) is 42.9 Å². The lowest BCUT2D eigenvalue weighted by Gasteiger charge is -2.27. The summed E-state index contributed by atoms with van der Waals surface area (Å²) < 4.78 is 11.1. The molecular formula is C30H35ClN4O4. The summed E-state index contributed by atoms with van der Waals surface area (Å²) in [5.41, 5.74) is 5.87. The van der Waals surface area contributed by atoms with Crippen LogP contribution >= 0.6 is 11.6 Å². The molecular weight excluding hydrogens is 516 g/mol. The Bertz CT molecular complexity index is 1350. The van der Waals surface area contributed by atoms with Crippen molar-refractivity contribution in [1.29, 1.82) is 0 Å². The molecule has 3 unspecified atom stereocenters. The highest BCUT2D eigenvalue weighted by Crippen LogP contribution is 2.38. The van der Waals surface area contributed by atoms with Gasteiger partial charge in [0.15, 0.2) is 12.5 Å². The number of fused-ring (bicyclic) bond motifs is 1. The van der Waals surface area contributed by atoms with Crippen molar-refractivity contribution in [2.75, 3.05) is 20.2 Å². The number of aryl methyl sites for hydroxylation is 1. The summed E-state index contributed by atoms with van der Waals surface area (Å²) in [6.45, 7) is 1.18. The van der Waals surface area contributed by atoms with Gasteiger partial charge in [-0.3, -0.25) is 4.79 Å². The number of allylic oxidation sites excluding steroid dienone is 4. The van der Waals surface area contributed by atoms with E-state index in [0.717, 1.165) is 59.6 Å². The first-order valence-corrected chi connectivity index (χ1v) is 14.4. The van der Waals surface area contributed by atoms with E-state index in [9.17, 15) is 9.90 Å². The van der Waals surface area contributed by atoms with Crippen molar-refractivity contribution in [3.63, 3.8) is 0 Å². The number of alkyl halides is 1. The summed E-state index contributed by atoms with van der Waals surface area (Å²) in [6.07, 6.45) is 12.2. The fourth-order valence-electron chi connectivity index (χ4n) is 5.45. The molecule has 1 amide bonds. The second kappa shape index (κ2) is 11.3. The molecule has 2 N–H and O–H groups in total. The van der Waals surface area contributed by atoms with E-state index in [2.05, 4.69) is 11.4 Å². The Balaban J connectivity index is 1.22. The van der Waals surface area contributed by atoms with Crippen LogP contribution in [0.3, 0.4) is 0 Å². The Hall–Kier alpha value is -2.94. The number of rotatable bonds is 9. The number of ether oxygens (including phenoxy) is 2. The van der Waals surface area contributed by atoms with Crippen LogP contribution in [0, 0.1) is 5.92 Å². The molecule has 0 spiro atoms. The average molecular weight is 551 g/mol. The van der Waals surface area contributed by atoms with Crippen molar-refractivity contribution in [2.45, 2.75) is 69.3 Å². The van der Waals surface area contributed by atoms with Gasteiger partial charge in [-0.05, 0) is 68.7 Å². The highest BCUT2D eigenvalue weighted by molar-refractivity contribution is 6.22. The second-order valence-corrected chi connectivity index (χ2v) is 11.4. The number of benzene rings is 1. The molecule has 1 aromatic heterocycles. The average Bonchev–Trinajstić information content (AvgIpc) is 3.73. The Morgan fingerprint density at radius 1 is 1.28 bits per heavy atom. The van der Waals surface area contributed by atoms with Crippen LogP contribution in [0.1, 0.15) is 66.7 Å². The zero-order valence-electron chi connectivity index (χ0n) is 22.2. The first-order valence-electron chi connectivity index (χ1n) is 14.0. The molecule has 1 aromatic carbocycles. The number of halogens is 1. The van der Waals surface area contributed by atoms with Crippen molar-refractivity contribution in [3.05, 3.63) is 64.8 Å². The Kier molecular flexibility index (Phi) is 7.60. The van der Waals surface area contributed by atoms with Gasteiger partial charge in [-0.1, -0.05) is 18.2 Å². The Morgan fingerprint density at radius 3 is 2.92 bits per heavy atom. The van der Waals surface area contributed by atoms with Gasteiger partial charge >= 0.3 is 0 Å². The van der Waals surface area contributed by atoms with E-state index in [4.69, 9.17) is 31.0 Å². The molecule has 3 atom stereocenters. The molecule has 9 heteroatoms. The topological polar surface area (TPSA) is 96.8 Å². The van der Waals surface area contributed by atoms with E-state index in [1.807, 2.05) is 35.3 Å². The van der Waals surface area contributed by atoms with Gasteiger partial charge in [-0.15, -0.1) is 11.6 Å². The number of hydrogen-bond donors (Lipinski definition) is 2. The summed E-state index contributed by atoms with van der Waals surface area (Å²) in [4.78, 5) is 25.4. The predicted octanol–water partition coefficient (Wildman–Crippen LogP) is 4.67. The molecule has 1 fully saturated rings. The fourth-order valence-corrected chi connectivity index (χ4v) is 5.62. The molecule has 39 heavy (non-hydrogen) atoms. The molecule has 206 valence electrons. The van der Waals surface area contributed by atoms with Crippen LogP contribution in [0.4, 0.5) is 0 Å². The number of aromatic nitrogens is 2. The predicted molar refractivity (Wildman–Crippen MR) is 150 cm³/mol. The van der Waals surface area contributed by atoms with Gasteiger partial charge in [0.2, 0.25) is 0 Å². The highest BCUT2D eigenvalue weighted by atomic mass is 35.5. The zero-order valence-corrected chi connectivity index (χ0v) is 23.0. The van der Waals surface area contributed by atoms with E-state index >= 15 is 0 Å². The molecule has 0 saturated heterocycles. The molecule has 2 aliphatic carbocycles. The maximum absolute atomic E-state index is 13.5. The van der Waals surface area contributed by atoms with Crippen LogP contribution in [-0.4, -0.2) is 64.0 Å². The van der Waals surface area contributed by atoms with Crippen LogP contribution in [0.2, 0.25) is 0 Å². The van der Waals surface area contributed by atoms with Crippen LogP contribution in [-0.2, 0) is 15.9 Å². The van der Waals surface area contributed by atoms with Crippen molar-refractivity contribution in [3.8, 4) is 0 Å². The summed E-state index contributed by atoms with van der Waals surface area (Å²) in [6, 6.07) is 5.61. The van der Waals surface area contributed by atoms with E-state index < -0.39 is 6.29 Å². The third kappa shape index (κ3) is 5.83. The Labute approximate surface area is 233 Å². The first kappa shape index (κ1) is 26.3. The van der Waals surface area contributed by atoms with Crippen LogP contribution < -0.4 is 5.32 Å². The van der Waals surface area contributed by atoms with Crippen molar-refractivity contribution >= 4 is 34.1 Å². The van der Waals surface area contributed by atoms with Gasteiger partial charge in [0, 0.05) is 31.6 Å². The second-order valence-electron chi connectivity index (χ2n) is 10.8. The molecule has 6 rings (SSSR count). The largest absolute Gasteiger partial charge is 0.473 e. The van der Waals surface area contributed by atoms with Gasteiger partial charge in [0.25, 0.3) is 5.91 Å². The lowest BCUT2D eigenvalue weighted by atomic mass is 9.99. The Morgan fingerprint density at radius 2 is 2.15 bits per heavy atom. The van der Waals surface area contributed by atoms with Gasteiger partial charge < -0.3 is 24.8 Å². The summed E-state index contributed by atoms with van der Waals surface area (Å²) in [5, 5.41) is 13.2. The first-order chi connectivity index (χ1) is 19.0. The van der Waals surface area contributed by atoms with Gasteiger partial charge in [0.1, 0.15) is 5.76 Å². The third-order valence-corrected chi connectivity index (χ3v) is 8.23. The summed E-state index contributed by atoms with van der Waals surface area (Å²) in [5.74, 6) is 1.61. The van der Waals surface area contributed by atoms with E-state index in [1.165, 1.54) is 20.0 Å². The van der Waals surface area contributed by atoms with Crippen molar-refractivity contribution in [2.24, 2.45) is 5.92 Å². The normalized spacial score (nSPS) is 23.4. The number of carbonyl (C=O) groups is 1. The number of aliphatic hydroxyl groups is 1. The molecule has 4 aliphatic rings. The zero-order chi connectivity index (χ0) is 26.9. The van der Waals surface area contributed by atoms with Gasteiger partial charge in [-0.2, -0.15) is 0 Å². The quantitative estimate of drug-likeness (QED) is 0.266. The number of carbonyl (C=O) groups excluding carboxylic acids is 1. The SMILES string of the molecule is COC(O)CCCCc1nc2cc(C(=O)N3CCC4=C(C3)NC(C3CC3)O4)ccc2nc1C1=CCC(Cl)C=C1. The van der Waals surface area contributed by atoms with Gasteiger partial charge in [-0.25, -0.2) is 9.97 Å². The molecule has 2 aliphatic heterocycles. The molecule has 1 saturated carbocycles. The molecule has 0 bridgehead atoms. The maximum Gasteiger partial charge on any atom is 0.254 e. The molecule has 8 nitrogen and oxygen atoms in total. The minimum absolute atomic E-state index is 0.00724. The van der Waals surface area contributed by atoms with Crippen LogP contribution in [0.25, 0.3) is 16.6 Å². The van der Waals surface area contributed by atoms with E-state index in [-0.39, 0.29) is 17.5 Å². The van der Waals surface area contributed by atoms with Crippen molar-refractivity contribution < 1.29 is 19.4 Å². The number of amides is 1. The molecule has 0 radical (unpaired) electrons. The molecule has 3 heterocycles. The van der Waals surface area contributed by atoms with E-state index in [1.54, 1.807) is 0 Å². The minimum Gasteiger partial charge on any atom is -0.473 e. The third-order valence-electron chi connectivity index (χ3n) is 7.91. The lowest BCUT2D eigenvalue weighted by molar-refractivity contribution is -0.0792.